The molecule has 130 valence electrons. The molecule has 2 aromatic rings. The number of halogens is 1. The van der Waals surface area contributed by atoms with Crippen molar-refractivity contribution in [1.29, 1.82) is 0 Å². The molecule has 25 heavy (non-hydrogen) atoms. The molecule has 3 rings (SSSR count). The lowest BCUT2D eigenvalue weighted by Gasteiger charge is -2.19. The van der Waals surface area contributed by atoms with Crippen molar-refractivity contribution < 1.29 is 14.0 Å². The highest BCUT2D eigenvalue weighted by Gasteiger charge is 2.22. The summed E-state index contributed by atoms with van der Waals surface area (Å²) < 4.78 is 13.3. The third-order valence-corrected chi connectivity index (χ3v) is 4.52. The maximum atomic E-state index is 13.3. The Labute approximate surface area is 146 Å². The lowest BCUT2D eigenvalue weighted by molar-refractivity contribution is -0.117. The average Bonchev–Trinajstić information content (AvgIpc) is 3.03. The SMILES string of the molecule is Cc1cc(C(=O)NC(C)c2cccc(N3CCCC3=O)c2)ccc1F. The maximum Gasteiger partial charge on any atom is 0.251 e. The average molecular weight is 340 g/mol. The van der Waals surface area contributed by atoms with Gasteiger partial charge in [-0.2, -0.15) is 0 Å². The van der Waals surface area contributed by atoms with Crippen LogP contribution in [0.5, 0.6) is 0 Å². The van der Waals surface area contributed by atoms with Crippen LogP contribution in [0.15, 0.2) is 42.5 Å². The van der Waals surface area contributed by atoms with Crippen molar-refractivity contribution in [1.82, 2.24) is 5.32 Å². The molecule has 1 unspecified atom stereocenters. The Kier molecular flexibility index (Phi) is 4.83. The Morgan fingerprint density at radius 1 is 1.24 bits per heavy atom. The first kappa shape index (κ1) is 17.1. The zero-order valence-corrected chi connectivity index (χ0v) is 14.4. The first-order chi connectivity index (χ1) is 12.0. The molecule has 1 aliphatic rings. The molecule has 0 aliphatic carbocycles. The van der Waals surface area contributed by atoms with Gasteiger partial charge in [0.25, 0.3) is 5.91 Å². The number of carbonyl (C=O) groups is 2. The summed E-state index contributed by atoms with van der Waals surface area (Å²) in [6.07, 6.45) is 1.46. The number of aryl methyl sites for hydroxylation is 1. The van der Waals surface area contributed by atoms with Gasteiger partial charge in [0, 0.05) is 24.2 Å². The number of hydrogen-bond donors (Lipinski definition) is 1. The molecule has 0 saturated carbocycles. The number of anilines is 1. The Hall–Kier alpha value is -2.69. The quantitative estimate of drug-likeness (QED) is 0.921. The molecule has 1 fully saturated rings. The number of amides is 2. The van der Waals surface area contributed by atoms with Gasteiger partial charge in [-0.1, -0.05) is 12.1 Å². The number of nitrogens with zero attached hydrogens (tertiary/aromatic N) is 1. The van der Waals surface area contributed by atoms with Crippen LogP contribution >= 0.6 is 0 Å². The van der Waals surface area contributed by atoms with Crippen molar-refractivity contribution in [2.45, 2.75) is 32.7 Å². The minimum absolute atomic E-state index is 0.135. The Balaban J connectivity index is 1.74. The van der Waals surface area contributed by atoms with Crippen LogP contribution in [-0.4, -0.2) is 18.4 Å². The van der Waals surface area contributed by atoms with E-state index in [2.05, 4.69) is 5.32 Å². The minimum Gasteiger partial charge on any atom is -0.346 e. The van der Waals surface area contributed by atoms with Gasteiger partial charge in [0.2, 0.25) is 5.91 Å². The van der Waals surface area contributed by atoms with Crippen molar-refractivity contribution in [3.8, 4) is 0 Å². The van der Waals surface area contributed by atoms with Gasteiger partial charge in [-0.05, 0) is 61.7 Å². The van der Waals surface area contributed by atoms with Gasteiger partial charge in [-0.15, -0.1) is 0 Å². The molecule has 0 aromatic heterocycles. The number of nitrogens with one attached hydrogen (secondary N) is 1. The van der Waals surface area contributed by atoms with Gasteiger partial charge in [0.15, 0.2) is 0 Å². The molecule has 2 amide bonds. The summed E-state index contributed by atoms with van der Waals surface area (Å²) in [5, 5.41) is 2.92. The first-order valence-corrected chi connectivity index (χ1v) is 8.43. The predicted molar refractivity (Wildman–Crippen MR) is 95.0 cm³/mol. The Morgan fingerprint density at radius 2 is 2.04 bits per heavy atom. The predicted octanol–water partition coefficient (Wildman–Crippen LogP) is 3.75. The van der Waals surface area contributed by atoms with Gasteiger partial charge < -0.3 is 10.2 Å². The fraction of sp³-hybridized carbons (Fsp3) is 0.300. The van der Waals surface area contributed by atoms with E-state index in [1.165, 1.54) is 18.2 Å². The van der Waals surface area contributed by atoms with Crippen LogP contribution in [-0.2, 0) is 4.79 Å². The summed E-state index contributed by atoms with van der Waals surface area (Å²) in [6, 6.07) is 11.7. The van der Waals surface area contributed by atoms with Crippen LogP contribution < -0.4 is 10.2 Å². The number of carbonyl (C=O) groups excluding carboxylic acids is 2. The lowest BCUT2D eigenvalue weighted by Crippen LogP contribution is -2.27. The zero-order valence-electron chi connectivity index (χ0n) is 14.4. The van der Waals surface area contributed by atoms with Gasteiger partial charge >= 0.3 is 0 Å². The molecular formula is C20H21FN2O2. The van der Waals surface area contributed by atoms with E-state index < -0.39 is 0 Å². The van der Waals surface area contributed by atoms with Crippen molar-refractivity contribution >= 4 is 17.5 Å². The largest absolute Gasteiger partial charge is 0.346 e. The third-order valence-electron chi connectivity index (χ3n) is 4.52. The van der Waals surface area contributed by atoms with Crippen molar-refractivity contribution in [3.05, 3.63) is 65.0 Å². The van der Waals surface area contributed by atoms with E-state index in [4.69, 9.17) is 0 Å². The summed E-state index contributed by atoms with van der Waals surface area (Å²) >= 11 is 0. The van der Waals surface area contributed by atoms with E-state index in [1.54, 1.807) is 11.8 Å². The van der Waals surface area contributed by atoms with Crippen LogP contribution in [0.3, 0.4) is 0 Å². The molecule has 0 radical (unpaired) electrons. The van der Waals surface area contributed by atoms with Gasteiger partial charge in [-0.3, -0.25) is 9.59 Å². The number of benzene rings is 2. The molecule has 1 saturated heterocycles. The highest BCUT2D eigenvalue weighted by Crippen LogP contribution is 2.25. The highest BCUT2D eigenvalue weighted by molar-refractivity contribution is 5.96. The molecule has 2 aromatic carbocycles. The van der Waals surface area contributed by atoms with E-state index >= 15 is 0 Å². The second kappa shape index (κ2) is 7.05. The molecule has 5 heteroatoms. The Morgan fingerprint density at radius 3 is 2.72 bits per heavy atom. The zero-order chi connectivity index (χ0) is 18.0. The van der Waals surface area contributed by atoms with Crippen LogP contribution in [0.2, 0.25) is 0 Å². The van der Waals surface area contributed by atoms with Crippen LogP contribution in [0.4, 0.5) is 10.1 Å². The second-order valence-electron chi connectivity index (χ2n) is 6.40. The molecule has 1 atom stereocenters. The fourth-order valence-electron chi connectivity index (χ4n) is 3.03. The van der Waals surface area contributed by atoms with Gasteiger partial charge in [0.05, 0.1) is 6.04 Å². The summed E-state index contributed by atoms with van der Waals surface area (Å²) in [5.41, 5.74) is 2.65. The number of hydrogen-bond acceptors (Lipinski definition) is 2. The maximum absolute atomic E-state index is 13.3. The normalized spacial score (nSPS) is 15.3. The molecular weight excluding hydrogens is 319 g/mol. The minimum atomic E-state index is -0.326. The molecule has 1 aliphatic heterocycles. The van der Waals surface area contributed by atoms with E-state index in [-0.39, 0.29) is 23.7 Å². The molecule has 0 bridgehead atoms. The Bertz CT molecular complexity index is 819. The third kappa shape index (κ3) is 3.71. The van der Waals surface area contributed by atoms with Crippen molar-refractivity contribution in [3.63, 3.8) is 0 Å². The first-order valence-electron chi connectivity index (χ1n) is 8.43. The molecule has 1 heterocycles. The molecule has 4 nitrogen and oxygen atoms in total. The van der Waals surface area contributed by atoms with Gasteiger partial charge in [-0.25, -0.2) is 4.39 Å². The van der Waals surface area contributed by atoms with Crippen LogP contribution in [0.25, 0.3) is 0 Å². The molecule has 1 N–H and O–H groups in total. The monoisotopic (exact) mass is 340 g/mol. The topological polar surface area (TPSA) is 49.4 Å². The van der Waals surface area contributed by atoms with Gasteiger partial charge in [0.1, 0.15) is 5.82 Å². The highest BCUT2D eigenvalue weighted by atomic mass is 19.1. The lowest BCUT2D eigenvalue weighted by atomic mass is 10.1. The van der Waals surface area contributed by atoms with Crippen molar-refractivity contribution in [2.75, 3.05) is 11.4 Å². The van der Waals surface area contributed by atoms with Crippen LogP contribution in [0.1, 0.15) is 47.3 Å². The van der Waals surface area contributed by atoms with E-state index in [0.717, 1.165) is 24.2 Å². The van der Waals surface area contributed by atoms with E-state index in [0.29, 0.717) is 17.5 Å². The molecule has 0 spiro atoms. The van der Waals surface area contributed by atoms with Crippen LogP contribution in [0, 0.1) is 12.7 Å². The van der Waals surface area contributed by atoms with E-state index in [1.807, 2.05) is 31.2 Å². The summed E-state index contributed by atoms with van der Waals surface area (Å²) in [6.45, 7) is 4.25. The summed E-state index contributed by atoms with van der Waals surface area (Å²) in [5.74, 6) is -0.443. The van der Waals surface area contributed by atoms with Crippen molar-refractivity contribution in [2.24, 2.45) is 0 Å². The smallest absolute Gasteiger partial charge is 0.251 e. The summed E-state index contributed by atoms with van der Waals surface area (Å²) in [4.78, 5) is 26.1. The second-order valence-corrected chi connectivity index (χ2v) is 6.40. The fourth-order valence-corrected chi connectivity index (χ4v) is 3.03. The number of rotatable bonds is 4. The standard InChI is InChI=1S/C20H21FN2O2/c1-13-11-16(8-9-18(13)21)20(25)22-14(2)15-5-3-6-17(12-15)23-10-4-7-19(23)24/h3,5-6,8-9,11-12,14H,4,7,10H2,1-2H3,(H,22,25). The summed E-state index contributed by atoms with van der Waals surface area (Å²) in [7, 11) is 0. The van der Waals surface area contributed by atoms with E-state index in [9.17, 15) is 14.0 Å².